The van der Waals surface area contributed by atoms with Crippen molar-refractivity contribution in [2.75, 3.05) is 0 Å². The highest BCUT2D eigenvalue weighted by Gasteiger charge is 2.26. The van der Waals surface area contributed by atoms with Crippen molar-refractivity contribution in [1.29, 1.82) is 0 Å². The van der Waals surface area contributed by atoms with Gasteiger partial charge in [-0.05, 0) is 24.5 Å². The van der Waals surface area contributed by atoms with E-state index in [0.717, 1.165) is 0 Å². The Bertz CT molecular complexity index is 560. The maximum atomic E-state index is 12.2. The highest BCUT2D eigenvalue weighted by atomic mass is 32.2. The van der Waals surface area contributed by atoms with Crippen LogP contribution in [0.5, 0.6) is 0 Å². The van der Waals surface area contributed by atoms with Crippen molar-refractivity contribution in [3.63, 3.8) is 0 Å². The molecule has 0 saturated heterocycles. The van der Waals surface area contributed by atoms with E-state index >= 15 is 0 Å². The van der Waals surface area contributed by atoms with Gasteiger partial charge < -0.3 is 5.73 Å². The molecule has 19 heavy (non-hydrogen) atoms. The molecule has 0 amide bonds. The third kappa shape index (κ3) is 4.22. The summed E-state index contributed by atoms with van der Waals surface area (Å²) in [6, 6.07) is 2.74. The lowest BCUT2D eigenvalue weighted by Crippen LogP contribution is -2.41. The Kier molecular flexibility index (Phi) is 4.65. The summed E-state index contributed by atoms with van der Waals surface area (Å²) in [4.78, 5) is 4.17. The predicted octanol–water partition coefficient (Wildman–Crippen LogP) is 1.43. The second-order valence-electron chi connectivity index (χ2n) is 5.45. The van der Waals surface area contributed by atoms with E-state index in [4.69, 9.17) is 18.0 Å². The molecule has 0 fully saturated rings. The number of hydrogen-bond acceptors (Lipinski definition) is 4. The lowest BCUT2D eigenvalue weighted by Gasteiger charge is -2.27. The van der Waals surface area contributed by atoms with Crippen molar-refractivity contribution in [2.45, 2.75) is 38.6 Å². The maximum Gasteiger partial charge on any atom is 0.242 e. The van der Waals surface area contributed by atoms with E-state index in [1.165, 1.54) is 18.3 Å². The number of nitrogens with one attached hydrogen (secondary N) is 1. The molecule has 3 N–H and O–H groups in total. The summed E-state index contributed by atoms with van der Waals surface area (Å²) in [5, 5.41) is 0. The Morgan fingerprint density at radius 2 is 2.00 bits per heavy atom. The molecule has 0 aliphatic rings. The van der Waals surface area contributed by atoms with Crippen molar-refractivity contribution in [3.8, 4) is 0 Å². The van der Waals surface area contributed by atoms with Gasteiger partial charge in [-0.25, -0.2) is 13.1 Å². The molecule has 1 heterocycles. The van der Waals surface area contributed by atoms with E-state index in [1.807, 2.05) is 27.7 Å². The van der Waals surface area contributed by atoms with Gasteiger partial charge in [0.2, 0.25) is 10.0 Å². The van der Waals surface area contributed by atoms with Crippen molar-refractivity contribution in [2.24, 2.45) is 11.1 Å². The molecule has 0 aliphatic carbocycles. The van der Waals surface area contributed by atoms with Crippen LogP contribution < -0.4 is 10.5 Å². The Hall–Kier alpha value is -1.05. The van der Waals surface area contributed by atoms with E-state index in [0.29, 0.717) is 5.69 Å². The number of nitrogens with two attached hydrogens (primary N) is 1. The second kappa shape index (κ2) is 5.52. The van der Waals surface area contributed by atoms with E-state index in [9.17, 15) is 8.42 Å². The molecule has 1 unspecified atom stereocenters. The maximum absolute atomic E-state index is 12.2. The highest BCUT2D eigenvalue weighted by Crippen LogP contribution is 2.20. The third-order valence-corrected chi connectivity index (χ3v) is 4.67. The zero-order chi connectivity index (χ0) is 14.8. The average molecular weight is 301 g/mol. The summed E-state index contributed by atoms with van der Waals surface area (Å²) < 4.78 is 26.9. The zero-order valence-corrected chi connectivity index (χ0v) is 13.1. The van der Waals surface area contributed by atoms with E-state index in [1.54, 1.807) is 0 Å². The monoisotopic (exact) mass is 301 g/mol. The first-order valence-electron chi connectivity index (χ1n) is 5.82. The first kappa shape index (κ1) is 16.0. The smallest absolute Gasteiger partial charge is 0.242 e. The first-order chi connectivity index (χ1) is 8.54. The summed E-state index contributed by atoms with van der Waals surface area (Å²) >= 11 is 4.77. The van der Waals surface area contributed by atoms with Crippen molar-refractivity contribution in [1.82, 2.24) is 9.71 Å². The molecule has 0 saturated carbocycles. The molecule has 0 radical (unpaired) electrons. The van der Waals surface area contributed by atoms with Crippen LogP contribution in [-0.4, -0.2) is 24.4 Å². The number of hydrogen-bond donors (Lipinski definition) is 2. The summed E-state index contributed by atoms with van der Waals surface area (Å²) in [6.45, 7) is 7.73. The summed E-state index contributed by atoms with van der Waals surface area (Å²) in [5.41, 5.74) is 5.65. The van der Waals surface area contributed by atoms with E-state index in [2.05, 4.69) is 9.71 Å². The van der Waals surface area contributed by atoms with Gasteiger partial charge in [0.25, 0.3) is 0 Å². The van der Waals surface area contributed by atoms with Crippen LogP contribution in [0.3, 0.4) is 0 Å². The van der Waals surface area contributed by atoms with Crippen LogP contribution in [0, 0.1) is 5.41 Å². The topological polar surface area (TPSA) is 85.1 Å². The number of nitrogens with zero attached hydrogens (tertiary/aromatic N) is 1. The number of rotatable bonds is 4. The standard InChI is InChI=1S/C12H19N3O2S2/c1-8(12(2,3)4)15-19(16,17)9-5-6-10(11(13)18)14-7-9/h5-8,15H,1-4H3,(H2,13,18). The third-order valence-electron chi connectivity index (χ3n) is 2.93. The van der Waals surface area contributed by atoms with E-state index < -0.39 is 10.0 Å². The van der Waals surface area contributed by atoms with Crippen LogP contribution in [0.1, 0.15) is 33.4 Å². The molecule has 1 atom stereocenters. The fraction of sp³-hybridized carbons (Fsp3) is 0.500. The summed E-state index contributed by atoms with van der Waals surface area (Å²) in [6.07, 6.45) is 1.26. The minimum atomic E-state index is -3.58. The van der Waals surface area contributed by atoms with Gasteiger partial charge in [0, 0.05) is 12.2 Å². The summed E-state index contributed by atoms with van der Waals surface area (Å²) in [7, 11) is -3.58. The van der Waals surface area contributed by atoms with Gasteiger partial charge in [-0.3, -0.25) is 4.98 Å². The van der Waals surface area contributed by atoms with Crippen molar-refractivity contribution >= 4 is 27.2 Å². The average Bonchev–Trinajstić information content (AvgIpc) is 2.27. The van der Waals surface area contributed by atoms with Gasteiger partial charge >= 0.3 is 0 Å². The predicted molar refractivity (Wildman–Crippen MR) is 79.4 cm³/mol. The Labute approximate surface area is 119 Å². The van der Waals surface area contributed by atoms with Crippen LogP contribution in [-0.2, 0) is 10.0 Å². The van der Waals surface area contributed by atoms with Gasteiger partial charge in [0.05, 0.1) is 5.69 Å². The van der Waals surface area contributed by atoms with Crippen LogP contribution in [0.25, 0.3) is 0 Å². The first-order valence-corrected chi connectivity index (χ1v) is 7.71. The SMILES string of the molecule is CC(NS(=O)(=O)c1ccc(C(N)=S)nc1)C(C)(C)C. The Morgan fingerprint density at radius 3 is 2.37 bits per heavy atom. The van der Waals surface area contributed by atoms with Crippen LogP contribution >= 0.6 is 12.2 Å². The van der Waals surface area contributed by atoms with Gasteiger partial charge in [-0.15, -0.1) is 0 Å². The molecule has 1 aromatic rings. The van der Waals surface area contributed by atoms with Gasteiger partial charge in [-0.2, -0.15) is 0 Å². The van der Waals surface area contributed by atoms with Crippen molar-refractivity contribution < 1.29 is 8.42 Å². The number of thiocarbonyl (C=S) groups is 1. The van der Waals surface area contributed by atoms with Gasteiger partial charge in [0.1, 0.15) is 9.88 Å². The van der Waals surface area contributed by atoms with Crippen LogP contribution in [0.15, 0.2) is 23.2 Å². The highest BCUT2D eigenvalue weighted by molar-refractivity contribution is 7.89. The molecule has 106 valence electrons. The van der Waals surface area contributed by atoms with Gasteiger partial charge in [0.15, 0.2) is 0 Å². The number of aromatic nitrogens is 1. The molecule has 0 spiro atoms. The quantitative estimate of drug-likeness (QED) is 0.822. The number of sulfonamides is 1. The molecule has 1 rings (SSSR count). The lowest BCUT2D eigenvalue weighted by atomic mass is 9.89. The Balaban J connectivity index is 2.98. The summed E-state index contributed by atoms with van der Waals surface area (Å²) in [5.74, 6) is 0. The molecule has 0 aromatic carbocycles. The zero-order valence-electron chi connectivity index (χ0n) is 11.5. The largest absolute Gasteiger partial charge is 0.388 e. The van der Waals surface area contributed by atoms with E-state index in [-0.39, 0.29) is 21.3 Å². The molecule has 5 nitrogen and oxygen atoms in total. The molecule has 0 aliphatic heterocycles. The molecular weight excluding hydrogens is 282 g/mol. The minimum Gasteiger partial charge on any atom is -0.388 e. The van der Waals surface area contributed by atoms with Crippen LogP contribution in [0.2, 0.25) is 0 Å². The molecule has 1 aromatic heterocycles. The lowest BCUT2D eigenvalue weighted by molar-refractivity contribution is 0.317. The fourth-order valence-corrected chi connectivity index (χ4v) is 2.68. The normalized spacial score (nSPS) is 14.1. The molecule has 7 heteroatoms. The minimum absolute atomic E-state index is 0.101. The fourth-order valence-electron chi connectivity index (χ4n) is 1.16. The molecular formula is C12H19N3O2S2. The van der Waals surface area contributed by atoms with Crippen molar-refractivity contribution in [3.05, 3.63) is 24.0 Å². The molecule has 0 bridgehead atoms. The number of pyridine rings is 1. The second-order valence-corrected chi connectivity index (χ2v) is 7.61. The van der Waals surface area contributed by atoms with Gasteiger partial charge in [-0.1, -0.05) is 33.0 Å². The van der Waals surface area contributed by atoms with Crippen LogP contribution in [0.4, 0.5) is 0 Å². The Morgan fingerprint density at radius 1 is 1.42 bits per heavy atom.